The lowest BCUT2D eigenvalue weighted by atomic mass is 9.96. The molecule has 0 aromatic rings. The number of rotatable bonds is 2. The summed E-state index contributed by atoms with van der Waals surface area (Å²) in [5, 5.41) is 0. The van der Waals surface area contributed by atoms with Gasteiger partial charge in [0.05, 0.1) is 0 Å². The molecule has 2 fully saturated rings. The average molecular weight is 168 g/mol. The highest BCUT2D eigenvalue weighted by atomic mass is 15.4. The molecule has 2 aliphatic rings. The molecule has 0 spiro atoms. The van der Waals surface area contributed by atoms with Gasteiger partial charge in [-0.3, -0.25) is 9.80 Å². The van der Waals surface area contributed by atoms with Crippen LogP contribution in [-0.4, -0.2) is 47.6 Å². The zero-order valence-corrected chi connectivity index (χ0v) is 8.45. The van der Waals surface area contributed by atoms with Crippen LogP contribution in [0.25, 0.3) is 0 Å². The fourth-order valence-electron chi connectivity index (χ4n) is 2.20. The first kappa shape index (κ1) is 8.52. The summed E-state index contributed by atoms with van der Waals surface area (Å²) in [4.78, 5) is 5.20. The van der Waals surface area contributed by atoms with E-state index in [0.29, 0.717) is 0 Å². The monoisotopic (exact) mass is 168 g/mol. The smallest absolute Gasteiger partial charge is 0.0353 e. The maximum atomic E-state index is 2.65. The Labute approximate surface area is 75.5 Å². The maximum absolute atomic E-state index is 2.65. The van der Waals surface area contributed by atoms with Crippen LogP contribution in [0.1, 0.15) is 27.2 Å². The fraction of sp³-hybridized carbons (Fsp3) is 1.00. The van der Waals surface area contributed by atoms with Crippen LogP contribution in [-0.2, 0) is 0 Å². The van der Waals surface area contributed by atoms with E-state index in [9.17, 15) is 0 Å². The maximum Gasteiger partial charge on any atom is 0.0353 e. The molecule has 1 atom stereocenters. The molecular formula is C10H20N2. The second-order valence-electron chi connectivity index (χ2n) is 4.58. The Balaban J connectivity index is 1.74. The van der Waals surface area contributed by atoms with Gasteiger partial charge in [0.2, 0.25) is 0 Å². The average Bonchev–Trinajstić information content (AvgIpc) is 1.91. The van der Waals surface area contributed by atoms with E-state index in [1.807, 2.05) is 0 Å². The summed E-state index contributed by atoms with van der Waals surface area (Å²) in [5.41, 5.74) is 0. The van der Waals surface area contributed by atoms with Gasteiger partial charge in [0.25, 0.3) is 0 Å². The second-order valence-corrected chi connectivity index (χ2v) is 4.58. The molecule has 2 heteroatoms. The van der Waals surface area contributed by atoms with Gasteiger partial charge in [0, 0.05) is 37.8 Å². The van der Waals surface area contributed by atoms with Crippen molar-refractivity contribution in [3.05, 3.63) is 0 Å². The van der Waals surface area contributed by atoms with Gasteiger partial charge < -0.3 is 0 Å². The van der Waals surface area contributed by atoms with Crippen molar-refractivity contribution in [2.45, 2.75) is 45.3 Å². The first-order chi connectivity index (χ1) is 5.68. The molecule has 1 unspecified atom stereocenters. The summed E-state index contributed by atoms with van der Waals surface area (Å²) in [7, 11) is 0. The van der Waals surface area contributed by atoms with Gasteiger partial charge in [0.15, 0.2) is 0 Å². The van der Waals surface area contributed by atoms with Gasteiger partial charge in [-0.15, -0.1) is 0 Å². The Morgan fingerprint density at radius 2 is 1.92 bits per heavy atom. The van der Waals surface area contributed by atoms with Crippen molar-refractivity contribution in [2.75, 3.05) is 19.6 Å². The molecule has 0 N–H and O–H groups in total. The molecule has 12 heavy (non-hydrogen) atoms. The molecular weight excluding hydrogens is 148 g/mol. The van der Waals surface area contributed by atoms with Crippen molar-refractivity contribution in [1.82, 2.24) is 9.80 Å². The largest absolute Gasteiger partial charge is 0.298 e. The van der Waals surface area contributed by atoms with E-state index in [-0.39, 0.29) is 0 Å². The number of hydrogen-bond donors (Lipinski definition) is 0. The molecule has 0 bridgehead atoms. The van der Waals surface area contributed by atoms with Crippen LogP contribution in [0.15, 0.2) is 0 Å². The molecule has 0 saturated carbocycles. The fourth-order valence-corrected chi connectivity index (χ4v) is 2.20. The Bertz CT molecular complexity index is 161. The second kappa shape index (κ2) is 3.00. The molecule has 2 saturated heterocycles. The quantitative estimate of drug-likeness (QED) is 0.611. The SMILES string of the molecule is CC(C)N1CC(N2CCC2C)C1. The molecule has 0 aromatic heterocycles. The highest BCUT2D eigenvalue weighted by molar-refractivity contribution is 4.95. The molecule has 0 aromatic carbocycles. The Kier molecular flexibility index (Phi) is 2.13. The standard InChI is InChI=1S/C10H20N2/c1-8(2)11-6-10(7-11)12-5-4-9(12)3/h8-10H,4-7H2,1-3H3. The minimum Gasteiger partial charge on any atom is -0.298 e. The van der Waals surface area contributed by atoms with Crippen molar-refractivity contribution in [3.8, 4) is 0 Å². The summed E-state index contributed by atoms with van der Waals surface area (Å²) in [6.07, 6.45) is 1.41. The molecule has 2 heterocycles. The summed E-state index contributed by atoms with van der Waals surface area (Å²) in [6.45, 7) is 10.9. The highest BCUT2D eigenvalue weighted by Gasteiger charge is 2.38. The summed E-state index contributed by atoms with van der Waals surface area (Å²) in [6, 6.07) is 2.50. The topological polar surface area (TPSA) is 6.48 Å². The van der Waals surface area contributed by atoms with Crippen molar-refractivity contribution in [2.24, 2.45) is 0 Å². The van der Waals surface area contributed by atoms with Crippen LogP contribution in [0.2, 0.25) is 0 Å². The van der Waals surface area contributed by atoms with Crippen LogP contribution >= 0.6 is 0 Å². The van der Waals surface area contributed by atoms with Crippen LogP contribution in [0.4, 0.5) is 0 Å². The van der Waals surface area contributed by atoms with Crippen LogP contribution in [0.3, 0.4) is 0 Å². The minimum atomic E-state index is 0.748. The molecule has 2 nitrogen and oxygen atoms in total. The lowest BCUT2D eigenvalue weighted by Gasteiger charge is -2.53. The van der Waals surface area contributed by atoms with Gasteiger partial charge in [-0.05, 0) is 27.2 Å². The van der Waals surface area contributed by atoms with Gasteiger partial charge in [-0.25, -0.2) is 0 Å². The third kappa shape index (κ3) is 1.27. The molecule has 0 amide bonds. The zero-order valence-electron chi connectivity index (χ0n) is 8.45. The molecule has 70 valence electrons. The lowest BCUT2D eigenvalue weighted by molar-refractivity contribution is -0.0451. The normalized spacial score (nSPS) is 33.5. The van der Waals surface area contributed by atoms with Gasteiger partial charge in [0.1, 0.15) is 0 Å². The van der Waals surface area contributed by atoms with Crippen LogP contribution in [0, 0.1) is 0 Å². The van der Waals surface area contributed by atoms with E-state index < -0.39 is 0 Å². The minimum absolute atomic E-state index is 0.748. The predicted octanol–water partition coefficient (Wildman–Crippen LogP) is 1.17. The van der Waals surface area contributed by atoms with E-state index in [1.54, 1.807) is 0 Å². The third-order valence-corrected chi connectivity index (χ3v) is 3.46. The number of hydrogen-bond acceptors (Lipinski definition) is 2. The van der Waals surface area contributed by atoms with Crippen LogP contribution < -0.4 is 0 Å². The van der Waals surface area contributed by atoms with Crippen molar-refractivity contribution >= 4 is 0 Å². The molecule has 2 rings (SSSR count). The lowest BCUT2D eigenvalue weighted by Crippen LogP contribution is -2.66. The van der Waals surface area contributed by atoms with Crippen molar-refractivity contribution in [3.63, 3.8) is 0 Å². The zero-order chi connectivity index (χ0) is 8.72. The first-order valence-corrected chi connectivity index (χ1v) is 5.18. The summed E-state index contributed by atoms with van der Waals surface area (Å²) >= 11 is 0. The molecule has 0 aliphatic carbocycles. The van der Waals surface area contributed by atoms with Crippen molar-refractivity contribution < 1.29 is 0 Å². The van der Waals surface area contributed by atoms with E-state index >= 15 is 0 Å². The predicted molar refractivity (Wildman–Crippen MR) is 51.3 cm³/mol. The van der Waals surface area contributed by atoms with E-state index in [1.165, 1.54) is 26.1 Å². The van der Waals surface area contributed by atoms with Crippen molar-refractivity contribution in [1.29, 1.82) is 0 Å². The molecule has 2 aliphatic heterocycles. The summed E-state index contributed by atoms with van der Waals surface area (Å²) in [5.74, 6) is 0. The number of likely N-dealkylation sites (tertiary alicyclic amines) is 2. The highest BCUT2D eigenvalue weighted by Crippen LogP contribution is 2.26. The third-order valence-electron chi connectivity index (χ3n) is 3.46. The van der Waals surface area contributed by atoms with E-state index in [2.05, 4.69) is 30.6 Å². The van der Waals surface area contributed by atoms with Gasteiger partial charge >= 0.3 is 0 Å². The molecule has 0 radical (unpaired) electrons. The van der Waals surface area contributed by atoms with Crippen LogP contribution in [0.5, 0.6) is 0 Å². The first-order valence-electron chi connectivity index (χ1n) is 5.18. The number of nitrogens with zero attached hydrogens (tertiary/aromatic N) is 2. The van der Waals surface area contributed by atoms with E-state index in [0.717, 1.165) is 18.1 Å². The Hall–Kier alpha value is -0.0800. The van der Waals surface area contributed by atoms with Gasteiger partial charge in [-0.2, -0.15) is 0 Å². The van der Waals surface area contributed by atoms with Gasteiger partial charge in [-0.1, -0.05) is 0 Å². The van der Waals surface area contributed by atoms with E-state index in [4.69, 9.17) is 0 Å². The Morgan fingerprint density at radius 3 is 2.25 bits per heavy atom. The Morgan fingerprint density at radius 1 is 1.25 bits per heavy atom. The summed E-state index contributed by atoms with van der Waals surface area (Å²) < 4.78 is 0.